The van der Waals surface area contributed by atoms with Crippen molar-refractivity contribution in [1.29, 1.82) is 0 Å². The first kappa shape index (κ1) is 21.5. The number of hydrogen-bond donors (Lipinski definition) is 1. The zero-order valence-corrected chi connectivity index (χ0v) is 18.1. The fraction of sp³-hybridized carbons (Fsp3) is 0.192. The number of rotatable bonds is 7. The topological polar surface area (TPSA) is 69.7 Å². The van der Waals surface area contributed by atoms with Crippen molar-refractivity contribution >= 4 is 29.1 Å². The highest BCUT2D eigenvalue weighted by Gasteiger charge is 2.36. The minimum absolute atomic E-state index is 0.167. The molecule has 3 aromatic carbocycles. The summed E-state index contributed by atoms with van der Waals surface area (Å²) in [6.45, 7) is 5.49. The molecule has 1 aliphatic heterocycles. The van der Waals surface area contributed by atoms with E-state index in [0.29, 0.717) is 22.5 Å². The summed E-state index contributed by atoms with van der Waals surface area (Å²) in [5, 5.41) is 2.97. The van der Waals surface area contributed by atoms with Crippen LogP contribution in [0.5, 0.6) is 0 Å². The Balaban J connectivity index is 1.61. The van der Waals surface area contributed by atoms with E-state index in [1.54, 1.807) is 48.5 Å². The van der Waals surface area contributed by atoms with Gasteiger partial charge in [0.25, 0.3) is 11.8 Å². The third kappa shape index (κ3) is 3.92. The summed E-state index contributed by atoms with van der Waals surface area (Å²) in [6.07, 6.45) is 0. The lowest BCUT2D eigenvalue weighted by atomic mass is 10.0. The Hall–Kier alpha value is -3.77. The third-order valence-corrected chi connectivity index (χ3v) is 5.71. The fourth-order valence-corrected chi connectivity index (χ4v) is 4.11. The van der Waals surface area contributed by atoms with E-state index in [-0.39, 0.29) is 17.7 Å². The van der Waals surface area contributed by atoms with E-state index in [0.717, 1.165) is 23.6 Å². The number of amides is 3. The van der Waals surface area contributed by atoms with Gasteiger partial charge in [0.1, 0.15) is 6.04 Å². The minimum Gasteiger partial charge on any atom is -0.324 e. The van der Waals surface area contributed by atoms with Gasteiger partial charge in [0.15, 0.2) is 0 Å². The van der Waals surface area contributed by atoms with Crippen molar-refractivity contribution < 1.29 is 14.4 Å². The maximum atomic E-state index is 13.3. The standard InChI is InChI=1S/C26H25N3O3/c1-3-28(4-2)23(18-11-6-5-7-12-18)24(30)27-19-13-10-14-20(17-19)29-25(31)21-15-8-9-16-22(21)26(29)32/h5-17,23H,3-4H2,1-2H3,(H,27,30). The van der Waals surface area contributed by atoms with Crippen molar-refractivity contribution in [2.45, 2.75) is 19.9 Å². The molecule has 0 bridgehead atoms. The summed E-state index contributed by atoms with van der Waals surface area (Å²) in [6, 6.07) is 22.8. The van der Waals surface area contributed by atoms with Crippen LogP contribution in [0, 0.1) is 0 Å². The van der Waals surface area contributed by atoms with E-state index in [4.69, 9.17) is 0 Å². The molecule has 6 nitrogen and oxygen atoms in total. The fourth-order valence-electron chi connectivity index (χ4n) is 4.11. The molecule has 0 fully saturated rings. The molecule has 0 spiro atoms. The molecule has 32 heavy (non-hydrogen) atoms. The Labute approximate surface area is 187 Å². The summed E-state index contributed by atoms with van der Waals surface area (Å²) in [5.74, 6) is -0.891. The van der Waals surface area contributed by atoms with Gasteiger partial charge in [-0.25, -0.2) is 4.90 Å². The summed E-state index contributed by atoms with van der Waals surface area (Å²) < 4.78 is 0. The van der Waals surface area contributed by atoms with E-state index < -0.39 is 6.04 Å². The molecular formula is C26H25N3O3. The van der Waals surface area contributed by atoms with Crippen LogP contribution in [0.1, 0.15) is 46.2 Å². The predicted molar refractivity (Wildman–Crippen MR) is 125 cm³/mol. The van der Waals surface area contributed by atoms with Gasteiger partial charge in [-0.15, -0.1) is 0 Å². The number of carbonyl (C=O) groups is 3. The second-order valence-electron chi connectivity index (χ2n) is 7.57. The summed E-state index contributed by atoms with van der Waals surface area (Å²) in [7, 11) is 0. The molecule has 1 unspecified atom stereocenters. The molecule has 4 rings (SSSR count). The van der Waals surface area contributed by atoms with Crippen molar-refractivity contribution in [3.8, 4) is 0 Å². The minimum atomic E-state index is -0.450. The zero-order chi connectivity index (χ0) is 22.7. The number of nitrogens with one attached hydrogen (secondary N) is 1. The molecule has 0 saturated carbocycles. The van der Waals surface area contributed by atoms with Crippen LogP contribution < -0.4 is 10.2 Å². The molecule has 3 aromatic rings. The molecule has 1 atom stereocenters. The molecular weight excluding hydrogens is 402 g/mol. The second kappa shape index (κ2) is 9.16. The van der Waals surface area contributed by atoms with Gasteiger partial charge >= 0.3 is 0 Å². The Bertz CT molecular complexity index is 1120. The van der Waals surface area contributed by atoms with Crippen molar-refractivity contribution in [3.05, 3.63) is 95.6 Å². The molecule has 0 saturated heterocycles. The molecule has 0 radical (unpaired) electrons. The van der Waals surface area contributed by atoms with Gasteiger partial charge in [-0.1, -0.05) is 62.4 Å². The summed E-state index contributed by atoms with van der Waals surface area (Å²) in [5.41, 5.74) is 2.63. The quantitative estimate of drug-likeness (QED) is 0.564. The van der Waals surface area contributed by atoms with Crippen LogP contribution in [0.4, 0.5) is 11.4 Å². The summed E-state index contributed by atoms with van der Waals surface area (Å²) in [4.78, 5) is 42.2. The van der Waals surface area contributed by atoms with E-state index in [1.165, 1.54) is 0 Å². The van der Waals surface area contributed by atoms with Crippen LogP contribution in [0.15, 0.2) is 78.9 Å². The number of carbonyl (C=O) groups excluding carboxylic acids is 3. The molecule has 1 aliphatic rings. The van der Waals surface area contributed by atoms with Gasteiger partial charge < -0.3 is 5.32 Å². The highest BCUT2D eigenvalue weighted by molar-refractivity contribution is 6.34. The van der Waals surface area contributed by atoms with E-state index in [1.807, 2.05) is 44.2 Å². The van der Waals surface area contributed by atoms with Crippen LogP contribution in [0.3, 0.4) is 0 Å². The molecule has 162 valence electrons. The second-order valence-corrected chi connectivity index (χ2v) is 7.57. The Morgan fingerprint density at radius 2 is 1.44 bits per heavy atom. The van der Waals surface area contributed by atoms with Gasteiger partial charge in [0.2, 0.25) is 5.91 Å². The lowest BCUT2D eigenvalue weighted by Gasteiger charge is -2.29. The average molecular weight is 428 g/mol. The van der Waals surface area contributed by atoms with E-state index in [9.17, 15) is 14.4 Å². The number of benzene rings is 3. The number of imide groups is 1. The van der Waals surface area contributed by atoms with Crippen LogP contribution in [-0.4, -0.2) is 35.7 Å². The summed E-state index contributed by atoms with van der Waals surface area (Å²) >= 11 is 0. The lowest BCUT2D eigenvalue weighted by Crippen LogP contribution is -2.37. The maximum absolute atomic E-state index is 13.3. The van der Waals surface area contributed by atoms with Crippen LogP contribution in [-0.2, 0) is 4.79 Å². The van der Waals surface area contributed by atoms with Crippen molar-refractivity contribution in [1.82, 2.24) is 4.90 Å². The molecule has 6 heteroatoms. The van der Waals surface area contributed by atoms with Gasteiger partial charge in [-0.05, 0) is 49.0 Å². The third-order valence-electron chi connectivity index (χ3n) is 5.71. The highest BCUT2D eigenvalue weighted by atomic mass is 16.2. The molecule has 0 aromatic heterocycles. The van der Waals surface area contributed by atoms with Crippen LogP contribution in [0.2, 0.25) is 0 Å². The average Bonchev–Trinajstić information content (AvgIpc) is 3.08. The first-order valence-corrected chi connectivity index (χ1v) is 10.7. The number of anilines is 2. The SMILES string of the molecule is CCN(CC)C(C(=O)Nc1cccc(N2C(=O)c3ccccc3C2=O)c1)c1ccccc1. The highest BCUT2D eigenvalue weighted by Crippen LogP contribution is 2.30. The van der Waals surface area contributed by atoms with Crippen LogP contribution >= 0.6 is 0 Å². The first-order valence-electron chi connectivity index (χ1n) is 10.7. The molecule has 1 heterocycles. The van der Waals surface area contributed by atoms with Crippen molar-refractivity contribution in [2.24, 2.45) is 0 Å². The lowest BCUT2D eigenvalue weighted by molar-refractivity contribution is -0.121. The largest absolute Gasteiger partial charge is 0.324 e. The van der Waals surface area contributed by atoms with Gasteiger partial charge in [0.05, 0.1) is 16.8 Å². The monoisotopic (exact) mass is 427 g/mol. The Morgan fingerprint density at radius 1 is 0.844 bits per heavy atom. The van der Waals surface area contributed by atoms with Crippen molar-refractivity contribution in [3.63, 3.8) is 0 Å². The van der Waals surface area contributed by atoms with Gasteiger partial charge in [-0.2, -0.15) is 0 Å². The predicted octanol–water partition coefficient (Wildman–Crippen LogP) is 4.51. The smallest absolute Gasteiger partial charge is 0.266 e. The van der Waals surface area contributed by atoms with E-state index in [2.05, 4.69) is 10.2 Å². The number of nitrogens with zero attached hydrogens (tertiary/aromatic N) is 2. The Morgan fingerprint density at radius 3 is 2.03 bits per heavy atom. The number of fused-ring (bicyclic) bond motifs is 1. The number of hydrogen-bond acceptors (Lipinski definition) is 4. The molecule has 1 N–H and O–H groups in total. The Kier molecular flexibility index (Phi) is 6.14. The van der Waals surface area contributed by atoms with Gasteiger partial charge in [0, 0.05) is 5.69 Å². The van der Waals surface area contributed by atoms with E-state index >= 15 is 0 Å². The maximum Gasteiger partial charge on any atom is 0.266 e. The zero-order valence-electron chi connectivity index (χ0n) is 18.1. The normalized spacial score (nSPS) is 13.9. The molecule has 0 aliphatic carbocycles. The number of likely N-dealkylation sites (N-methyl/N-ethyl adjacent to an activating group) is 1. The molecule has 3 amide bonds. The van der Waals surface area contributed by atoms with Gasteiger partial charge in [-0.3, -0.25) is 19.3 Å². The van der Waals surface area contributed by atoms with Crippen molar-refractivity contribution in [2.75, 3.05) is 23.3 Å². The van der Waals surface area contributed by atoms with Crippen LogP contribution in [0.25, 0.3) is 0 Å². The first-order chi connectivity index (χ1) is 15.5.